The molecule has 1 atom stereocenters. The lowest BCUT2D eigenvalue weighted by Crippen LogP contribution is -2.46. The van der Waals surface area contributed by atoms with Gasteiger partial charge in [0.15, 0.2) is 11.6 Å². The summed E-state index contributed by atoms with van der Waals surface area (Å²) in [5.41, 5.74) is 0.185. The van der Waals surface area contributed by atoms with Gasteiger partial charge in [-0.15, -0.1) is 0 Å². The van der Waals surface area contributed by atoms with Gasteiger partial charge in [0.1, 0.15) is 12.4 Å². The number of carbonyl (C=O) groups excluding carboxylic acids is 2. The summed E-state index contributed by atoms with van der Waals surface area (Å²) in [6, 6.07) is 14.6. The highest BCUT2D eigenvalue weighted by atomic mass is 35.5. The lowest BCUT2D eigenvalue weighted by Gasteiger charge is -2.25. The van der Waals surface area contributed by atoms with Gasteiger partial charge in [0.25, 0.3) is 0 Å². The second kappa shape index (κ2) is 12.5. The van der Waals surface area contributed by atoms with Crippen LogP contribution < -0.4 is 16.0 Å². The predicted molar refractivity (Wildman–Crippen MR) is 133 cm³/mol. The molecule has 0 saturated carbocycles. The highest BCUT2D eigenvalue weighted by Gasteiger charge is 2.24. The number of ether oxygens (including phenoxy) is 1. The standard InChI is InChI=1S/C25H28ClFN4O5/c1-25(2,34)12-18(29-22(32)14-28-13-17-9-6-10-19(27)23(17)26)15-35-24(33)30-21-11-20(36-31-21)16-7-4-3-5-8-16/h3-11,18,28,34H,12-15H2,1-2H3,(H,29,32)(H,30,31,33)/t18-/m0/s1. The monoisotopic (exact) mass is 518 g/mol. The number of rotatable bonds is 11. The molecule has 3 rings (SSSR count). The van der Waals surface area contributed by atoms with Gasteiger partial charge in [-0.05, 0) is 31.9 Å². The van der Waals surface area contributed by atoms with Crippen LogP contribution in [0.5, 0.6) is 0 Å². The van der Waals surface area contributed by atoms with E-state index in [0.717, 1.165) is 5.56 Å². The van der Waals surface area contributed by atoms with E-state index in [2.05, 4.69) is 21.1 Å². The zero-order valence-corrected chi connectivity index (χ0v) is 20.6. The number of amides is 2. The molecule has 2 amide bonds. The summed E-state index contributed by atoms with van der Waals surface area (Å²) in [7, 11) is 0. The van der Waals surface area contributed by atoms with Crippen LogP contribution in [0.25, 0.3) is 11.3 Å². The third kappa shape index (κ3) is 8.63. The summed E-state index contributed by atoms with van der Waals surface area (Å²) in [6.07, 6.45) is -0.666. The Labute approximate surface area is 213 Å². The van der Waals surface area contributed by atoms with Crippen molar-refractivity contribution < 1.29 is 28.3 Å². The fourth-order valence-corrected chi connectivity index (χ4v) is 3.61. The van der Waals surface area contributed by atoms with Gasteiger partial charge in [-0.25, -0.2) is 9.18 Å². The van der Waals surface area contributed by atoms with Crippen LogP contribution in [0, 0.1) is 5.82 Å². The van der Waals surface area contributed by atoms with Crippen molar-refractivity contribution in [3.63, 3.8) is 0 Å². The fourth-order valence-electron chi connectivity index (χ4n) is 3.42. The molecule has 0 unspecified atom stereocenters. The average molecular weight is 519 g/mol. The van der Waals surface area contributed by atoms with E-state index in [-0.39, 0.29) is 37.0 Å². The van der Waals surface area contributed by atoms with Gasteiger partial charge in [-0.2, -0.15) is 0 Å². The summed E-state index contributed by atoms with van der Waals surface area (Å²) in [5, 5.41) is 22.1. The SMILES string of the molecule is CC(C)(O)C[C@@H](COC(=O)Nc1cc(-c2ccccc2)on1)NC(=O)CNCc1cccc(F)c1Cl. The van der Waals surface area contributed by atoms with Crippen LogP contribution in [0.1, 0.15) is 25.8 Å². The molecule has 11 heteroatoms. The lowest BCUT2D eigenvalue weighted by molar-refractivity contribution is -0.121. The molecular weight excluding hydrogens is 491 g/mol. The summed E-state index contributed by atoms with van der Waals surface area (Å²) in [5.74, 6) is -0.292. The Balaban J connectivity index is 1.49. The van der Waals surface area contributed by atoms with Crippen LogP contribution in [0.2, 0.25) is 5.02 Å². The van der Waals surface area contributed by atoms with Crippen molar-refractivity contribution in [2.45, 2.75) is 38.5 Å². The van der Waals surface area contributed by atoms with Crippen molar-refractivity contribution in [3.05, 3.63) is 71.0 Å². The van der Waals surface area contributed by atoms with Gasteiger partial charge >= 0.3 is 6.09 Å². The quantitative estimate of drug-likeness (QED) is 0.301. The number of aliphatic hydroxyl groups is 1. The third-order valence-electron chi connectivity index (χ3n) is 4.96. The molecule has 0 bridgehead atoms. The number of hydrogen-bond acceptors (Lipinski definition) is 7. The average Bonchev–Trinajstić information content (AvgIpc) is 3.28. The van der Waals surface area contributed by atoms with Crippen molar-refractivity contribution in [2.75, 3.05) is 18.5 Å². The molecule has 0 saturated heterocycles. The summed E-state index contributed by atoms with van der Waals surface area (Å²) in [4.78, 5) is 24.7. The number of nitrogens with one attached hydrogen (secondary N) is 3. The van der Waals surface area contributed by atoms with Gasteiger partial charge in [0, 0.05) is 18.2 Å². The van der Waals surface area contributed by atoms with Gasteiger partial charge in [0.05, 0.1) is 23.2 Å². The number of anilines is 1. The van der Waals surface area contributed by atoms with E-state index in [4.69, 9.17) is 20.9 Å². The van der Waals surface area contributed by atoms with Crippen molar-refractivity contribution in [2.24, 2.45) is 0 Å². The maximum Gasteiger partial charge on any atom is 0.412 e. The number of carbonyl (C=O) groups is 2. The second-order valence-corrected chi connectivity index (χ2v) is 9.14. The molecule has 0 aliphatic carbocycles. The van der Waals surface area contributed by atoms with Crippen LogP contribution in [-0.4, -0.2) is 47.1 Å². The Morgan fingerprint density at radius 3 is 2.67 bits per heavy atom. The maximum absolute atomic E-state index is 13.5. The van der Waals surface area contributed by atoms with Gasteiger partial charge in [-0.3, -0.25) is 10.1 Å². The maximum atomic E-state index is 13.5. The van der Waals surface area contributed by atoms with Gasteiger partial charge in [-0.1, -0.05) is 59.2 Å². The second-order valence-electron chi connectivity index (χ2n) is 8.76. The number of nitrogens with zero attached hydrogens (tertiary/aromatic N) is 1. The van der Waals surface area contributed by atoms with Gasteiger partial charge < -0.3 is 25.0 Å². The van der Waals surface area contributed by atoms with Crippen LogP contribution in [0.15, 0.2) is 59.1 Å². The van der Waals surface area contributed by atoms with E-state index in [1.807, 2.05) is 30.3 Å². The molecular formula is C25H28ClFN4O5. The Hall–Kier alpha value is -3.47. The van der Waals surface area contributed by atoms with E-state index < -0.39 is 29.5 Å². The minimum atomic E-state index is -1.13. The molecule has 1 heterocycles. The molecule has 0 spiro atoms. The highest BCUT2D eigenvalue weighted by Crippen LogP contribution is 2.22. The van der Waals surface area contributed by atoms with E-state index in [1.165, 1.54) is 12.1 Å². The summed E-state index contributed by atoms with van der Waals surface area (Å²) < 4.78 is 24.0. The van der Waals surface area contributed by atoms with E-state index in [0.29, 0.717) is 11.3 Å². The van der Waals surface area contributed by atoms with Crippen molar-refractivity contribution in [1.82, 2.24) is 15.8 Å². The number of aromatic nitrogens is 1. The van der Waals surface area contributed by atoms with E-state index in [1.54, 1.807) is 26.0 Å². The molecule has 36 heavy (non-hydrogen) atoms. The first-order valence-electron chi connectivity index (χ1n) is 11.2. The van der Waals surface area contributed by atoms with Crippen molar-refractivity contribution in [1.29, 1.82) is 0 Å². The number of halogens is 2. The zero-order valence-electron chi connectivity index (χ0n) is 19.9. The molecule has 3 aromatic rings. The van der Waals surface area contributed by atoms with Crippen LogP contribution in [0.4, 0.5) is 15.0 Å². The Bertz CT molecular complexity index is 1170. The molecule has 192 valence electrons. The number of benzene rings is 2. The molecule has 0 fully saturated rings. The Kier molecular flexibility index (Phi) is 9.40. The molecule has 0 radical (unpaired) electrons. The summed E-state index contributed by atoms with van der Waals surface area (Å²) in [6.45, 7) is 3.05. The Morgan fingerprint density at radius 2 is 1.94 bits per heavy atom. The van der Waals surface area contributed by atoms with Crippen LogP contribution in [0.3, 0.4) is 0 Å². The first-order valence-corrected chi connectivity index (χ1v) is 11.6. The molecule has 0 aliphatic heterocycles. The molecule has 1 aromatic heterocycles. The first kappa shape index (κ1) is 27.1. The fraction of sp³-hybridized carbons (Fsp3) is 0.320. The smallest absolute Gasteiger partial charge is 0.412 e. The van der Waals surface area contributed by atoms with E-state index >= 15 is 0 Å². The highest BCUT2D eigenvalue weighted by molar-refractivity contribution is 6.31. The number of hydrogen-bond donors (Lipinski definition) is 4. The molecule has 2 aromatic carbocycles. The lowest BCUT2D eigenvalue weighted by atomic mass is 9.99. The molecule has 4 N–H and O–H groups in total. The topological polar surface area (TPSA) is 126 Å². The largest absolute Gasteiger partial charge is 0.447 e. The summed E-state index contributed by atoms with van der Waals surface area (Å²) >= 11 is 5.92. The normalized spacial score (nSPS) is 12.1. The predicted octanol–water partition coefficient (Wildman–Crippen LogP) is 4.12. The zero-order chi connectivity index (χ0) is 26.1. The van der Waals surface area contributed by atoms with Crippen molar-refractivity contribution >= 4 is 29.4 Å². The third-order valence-corrected chi connectivity index (χ3v) is 5.38. The first-order chi connectivity index (χ1) is 17.1. The molecule has 0 aliphatic rings. The van der Waals surface area contributed by atoms with E-state index in [9.17, 15) is 19.1 Å². The van der Waals surface area contributed by atoms with Crippen LogP contribution in [-0.2, 0) is 16.1 Å². The minimum absolute atomic E-state index is 0.00673. The van der Waals surface area contributed by atoms with Gasteiger partial charge in [0.2, 0.25) is 5.91 Å². The minimum Gasteiger partial charge on any atom is -0.447 e. The van der Waals surface area contributed by atoms with Crippen LogP contribution >= 0.6 is 11.6 Å². The molecule has 9 nitrogen and oxygen atoms in total. The Morgan fingerprint density at radius 1 is 1.19 bits per heavy atom. The van der Waals surface area contributed by atoms with Crippen molar-refractivity contribution in [3.8, 4) is 11.3 Å².